The Morgan fingerprint density at radius 3 is 2.54 bits per heavy atom. The molecule has 2 saturated heterocycles. The summed E-state index contributed by atoms with van der Waals surface area (Å²) in [6.45, 7) is 3.03. The molecule has 1 aromatic rings. The normalized spacial score (nSPS) is 29.2. The Balaban J connectivity index is 1.29. The number of imide groups is 1. The SMILES string of the molecule is O=C1NC(=O)C2(CCCC2CNS(=O)N2CCN(c3ccc(F)cc3)CC2)N1. The highest BCUT2D eigenvalue weighted by Gasteiger charge is 2.54. The van der Waals surface area contributed by atoms with Crippen molar-refractivity contribution in [1.82, 2.24) is 19.7 Å². The molecule has 4 rings (SSSR count). The molecular formula is C18H24FN5O3S. The van der Waals surface area contributed by atoms with Crippen molar-refractivity contribution in [3.8, 4) is 0 Å². The van der Waals surface area contributed by atoms with Gasteiger partial charge in [-0.05, 0) is 37.1 Å². The highest BCUT2D eigenvalue weighted by Crippen LogP contribution is 2.37. The van der Waals surface area contributed by atoms with Crippen LogP contribution in [0.4, 0.5) is 14.9 Å². The van der Waals surface area contributed by atoms with Crippen molar-refractivity contribution in [2.24, 2.45) is 5.92 Å². The quantitative estimate of drug-likeness (QED) is 0.617. The number of urea groups is 1. The Labute approximate surface area is 165 Å². The van der Waals surface area contributed by atoms with Crippen LogP contribution in [0.25, 0.3) is 0 Å². The monoisotopic (exact) mass is 409 g/mol. The highest BCUT2D eigenvalue weighted by molar-refractivity contribution is 7.80. The molecule has 1 spiro atoms. The predicted octanol–water partition coefficient (Wildman–Crippen LogP) is 0.494. The molecule has 3 fully saturated rings. The smallest absolute Gasteiger partial charge is 0.322 e. The molecule has 152 valence electrons. The maximum Gasteiger partial charge on any atom is 0.322 e. The molecule has 0 radical (unpaired) electrons. The number of anilines is 1. The fourth-order valence-corrected chi connectivity index (χ4v) is 5.37. The zero-order valence-electron chi connectivity index (χ0n) is 15.4. The van der Waals surface area contributed by atoms with Gasteiger partial charge in [0.25, 0.3) is 5.91 Å². The topological polar surface area (TPSA) is 93.8 Å². The van der Waals surface area contributed by atoms with Gasteiger partial charge < -0.3 is 10.2 Å². The standard InChI is InChI=1S/C18H24FN5O3S/c19-14-3-5-15(6-4-14)23-8-10-24(11-9-23)28(27)20-12-13-2-1-7-18(13)16(25)21-17(26)22-18/h3-6,13,20H,1-2,7-12H2,(H2,21,22,25,26). The van der Waals surface area contributed by atoms with Gasteiger partial charge in [-0.25, -0.2) is 22.4 Å². The first kappa shape index (κ1) is 19.3. The third kappa shape index (κ3) is 3.63. The summed E-state index contributed by atoms with van der Waals surface area (Å²) >= 11 is -1.36. The number of nitrogens with one attached hydrogen (secondary N) is 3. The first-order valence-corrected chi connectivity index (χ1v) is 10.6. The molecule has 0 bridgehead atoms. The molecule has 0 aromatic heterocycles. The number of halogens is 1. The lowest BCUT2D eigenvalue weighted by atomic mass is 9.87. The van der Waals surface area contributed by atoms with E-state index in [4.69, 9.17) is 0 Å². The third-order valence-electron chi connectivity index (χ3n) is 5.91. The maximum absolute atomic E-state index is 13.1. The van der Waals surface area contributed by atoms with Gasteiger partial charge in [0.2, 0.25) is 0 Å². The molecular weight excluding hydrogens is 385 g/mol. The van der Waals surface area contributed by atoms with Gasteiger partial charge in [0.1, 0.15) is 11.4 Å². The van der Waals surface area contributed by atoms with Gasteiger partial charge in [0, 0.05) is 44.3 Å². The number of hydrogen-bond donors (Lipinski definition) is 3. The third-order valence-corrected chi connectivity index (χ3v) is 7.16. The molecule has 3 N–H and O–H groups in total. The van der Waals surface area contributed by atoms with Crippen molar-refractivity contribution < 1.29 is 18.2 Å². The van der Waals surface area contributed by atoms with Gasteiger partial charge in [-0.2, -0.15) is 0 Å². The van der Waals surface area contributed by atoms with E-state index in [0.717, 1.165) is 18.5 Å². The van der Waals surface area contributed by atoms with E-state index in [2.05, 4.69) is 20.3 Å². The van der Waals surface area contributed by atoms with Gasteiger partial charge >= 0.3 is 6.03 Å². The summed E-state index contributed by atoms with van der Waals surface area (Å²) in [5, 5.41) is 5.10. The Morgan fingerprint density at radius 2 is 1.89 bits per heavy atom. The number of carbonyl (C=O) groups excluding carboxylic acids is 2. The van der Waals surface area contributed by atoms with Crippen molar-refractivity contribution in [3.05, 3.63) is 30.1 Å². The van der Waals surface area contributed by atoms with Gasteiger partial charge in [0.15, 0.2) is 11.2 Å². The molecule has 1 aromatic carbocycles. The molecule has 1 aliphatic carbocycles. The molecule has 3 atom stereocenters. The van der Waals surface area contributed by atoms with E-state index in [1.807, 2.05) is 4.31 Å². The van der Waals surface area contributed by atoms with Crippen LogP contribution in [0.15, 0.2) is 24.3 Å². The van der Waals surface area contributed by atoms with E-state index >= 15 is 0 Å². The minimum atomic E-state index is -1.36. The van der Waals surface area contributed by atoms with Crippen LogP contribution in [0.2, 0.25) is 0 Å². The molecule has 3 amide bonds. The van der Waals surface area contributed by atoms with Crippen molar-refractivity contribution in [1.29, 1.82) is 0 Å². The average Bonchev–Trinajstić information content (AvgIpc) is 3.23. The lowest BCUT2D eigenvalue weighted by Gasteiger charge is -2.35. The summed E-state index contributed by atoms with van der Waals surface area (Å²) in [5.74, 6) is -0.617. The second-order valence-corrected chi connectivity index (χ2v) is 8.76. The van der Waals surface area contributed by atoms with Crippen molar-refractivity contribution >= 4 is 28.8 Å². The zero-order valence-corrected chi connectivity index (χ0v) is 16.3. The summed E-state index contributed by atoms with van der Waals surface area (Å²) < 4.78 is 30.6. The molecule has 3 aliphatic rings. The Bertz CT molecular complexity index is 784. The fraction of sp³-hybridized carbons (Fsp3) is 0.556. The number of carbonyl (C=O) groups is 2. The minimum Gasteiger partial charge on any atom is -0.369 e. The summed E-state index contributed by atoms with van der Waals surface area (Å²) in [7, 11) is 0. The summed E-state index contributed by atoms with van der Waals surface area (Å²) in [5.41, 5.74) is 0.0888. The zero-order chi connectivity index (χ0) is 19.7. The molecule has 10 heteroatoms. The Hall–Kier alpha value is -2.04. The van der Waals surface area contributed by atoms with E-state index in [1.165, 1.54) is 12.1 Å². The number of rotatable bonds is 5. The lowest BCUT2D eigenvalue weighted by molar-refractivity contribution is -0.125. The second kappa shape index (κ2) is 7.76. The number of piperazine rings is 1. The number of hydrogen-bond acceptors (Lipinski definition) is 4. The molecule has 2 heterocycles. The maximum atomic E-state index is 13.1. The minimum absolute atomic E-state index is 0.0802. The van der Waals surface area contributed by atoms with E-state index in [-0.39, 0.29) is 17.6 Å². The van der Waals surface area contributed by atoms with Crippen LogP contribution in [0.3, 0.4) is 0 Å². The van der Waals surface area contributed by atoms with Crippen LogP contribution < -0.4 is 20.3 Å². The number of benzene rings is 1. The first-order chi connectivity index (χ1) is 13.5. The molecule has 8 nitrogen and oxygen atoms in total. The average molecular weight is 409 g/mol. The fourth-order valence-electron chi connectivity index (χ4n) is 4.35. The Kier molecular flexibility index (Phi) is 5.35. The number of amides is 3. The molecule has 1 saturated carbocycles. The van der Waals surface area contributed by atoms with Crippen molar-refractivity contribution in [2.75, 3.05) is 37.6 Å². The van der Waals surface area contributed by atoms with Gasteiger partial charge in [0.05, 0.1) is 0 Å². The van der Waals surface area contributed by atoms with Gasteiger partial charge in [-0.15, -0.1) is 0 Å². The predicted molar refractivity (Wildman–Crippen MR) is 103 cm³/mol. The van der Waals surface area contributed by atoms with E-state index in [1.54, 1.807) is 12.1 Å². The second-order valence-electron chi connectivity index (χ2n) is 7.46. The molecule has 28 heavy (non-hydrogen) atoms. The van der Waals surface area contributed by atoms with Crippen molar-refractivity contribution in [3.63, 3.8) is 0 Å². The van der Waals surface area contributed by atoms with E-state index < -0.39 is 22.7 Å². The molecule has 3 unspecified atom stereocenters. The van der Waals surface area contributed by atoms with Gasteiger partial charge in [-0.1, -0.05) is 6.42 Å². The van der Waals surface area contributed by atoms with Crippen LogP contribution in [0.5, 0.6) is 0 Å². The van der Waals surface area contributed by atoms with Crippen LogP contribution in [0, 0.1) is 11.7 Å². The van der Waals surface area contributed by atoms with Crippen LogP contribution >= 0.6 is 0 Å². The van der Waals surface area contributed by atoms with E-state index in [0.29, 0.717) is 39.1 Å². The first-order valence-electron chi connectivity index (χ1n) is 9.52. The summed E-state index contributed by atoms with van der Waals surface area (Å²) in [4.78, 5) is 25.9. The van der Waals surface area contributed by atoms with Crippen LogP contribution in [-0.4, -0.2) is 58.7 Å². The van der Waals surface area contributed by atoms with E-state index in [9.17, 15) is 18.2 Å². The largest absolute Gasteiger partial charge is 0.369 e. The van der Waals surface area contributed by atoms with Crippen molar-refractivity contribution in [2.45, 2.75) is 24.8 Å². The molecule has 2 aliphatic heterocycles. The lowest BCUT2D eigenvalue weighted by Crippen LogP contribution is -2.54. The highest BCUT2D eigenvalue weighted by atomic mass is 32.2. The summed E-state index contributed by atoms with van der Waals surface area (Å²) in [6, 6.07) is 5.93. The number of nitrogens with zero attached hydrogens (tertiary/aromatic N) is 2. The van der Waals surface area contributed by atoms with Gasteiger partial charge in [-0.3, -0.25) is 10.1 Å². The van der Waals surface area contributed by atoms with Crippen LogP contribution in [0.1, 0.15) is 19.3 Å². The van der Waals surface area contributed by atoms with Crippen LogP contribution in [-0.2, 0) is 16.0 Å². The Morgan fingerprint density at radius 1 is 1.18 bits per heavy atom. The summed E-state index contributed by atoms with van der Waals surface area (Å²) in [6.07, 6.45) is 2.26.